The quantitative estimate of drug-likeness (QED) is 0.527. The Balaban J connectivity index is -0.0000000417. The molecule has 0 spiro atoms. The maximum absolute atomic E-state index is 9.70. The molecule has 0 aliphatic rings. The molecule has 2 nitrogen and oxygen atoms in total. The van der Waals surface area contributed by atoms with Crippen molar-refractivity contribution in [3.05, 3.63) is 0 Å². The smallest absolute Gasteiger partial charge is 1.00 e. The Labute approximate surface area is 75.9 Å². The molecule has 0 heterocycles. The molecule has 7 heavy (non-hydrogen) atoms. The van der Waals surface area contributed by atoms with Crippen molar-refractivity contribution in [1.29, 1.82) is 0 Å². The normalized spacial score (nSPS) is 7.86. The first-order valence-corrected chi connectivity index (χ1v) is 1.87. The monoisotopic (exact) mass is 130 g/mol. The number of rotatable bonds is 1. The molecule has 0 aliphatic heterocycles. The van der Waals surface area contributed by atoms with Crippen LogP contribution < -0.4 is 0 Å². The summed E-state index contributed by atoms with van der Waals surface area (Å²) in [6, 6.07) is 0. The summed E-state index contributed by atoms with van der Waals surface area (Å²) in [5.41, 5.74) is 0. The summed E-state index contributed by atoms with van der Waals surface area (Å²) < 4.78 is 0. The summed E-state index contributed by atoms with van der Waals surface area (Å²) in [5, 5.41) is 7.99. The van der Waals surface area contributed by atoms with Crippen molar-refractivity contribution >= 4 is 43.7 Å². The number of carboxylic acid groups (broad SMARTS) is 1. The van der Waals surface area contributed by atoms with Gasteiger partial charge < -0.3 is 7.96 Å². The van der Waals surface area contributed by atoms with Crippen LogP contribution in [0.4, 0.5) is 0 Å². The van der Waals surface area contributed by atoms with E-state index in [1.165, 1.54) is 0 Å². The number of hydrogen-bond donors (Lipinski definition) is 1. The van der Waals surface area contributed by atoms with Crippen LogP contribution in [0.25, 0.3) is 0 Å². The predicted octanol–water partition coefficient (Wildman–Crippen LogP) is 0.571. The summed E-state index contributed by atoms with van der Waals surface area (Å²) in [6.07, 6.45) is 0. The Morgan fingerprint density at radius 2 is 1.86 bits per heavy atom. The molecule has 0 saturated heterocycles. The topological polar surface area (TPSA) is 37.3 Å². The molecule has 0 atom stereocenters. The van der Waals surface area contributed by atoms with Gasteiger partial charge in [-0.2, -0.15) is 0 Å². The van der Waals surface area contributed by atoms with Gasteiger partial charge in [-0.1, -0.05) is 13.8 Å². The first-order valence-electron chi connectivity index (χ1n) is 1.87. The van der Waals surface area contributed by atoms with Crippen molar-refractivity contribution in [2.45, 2.75) is 13.8 Å². The molecule has 0 fully saturated rings. The minimum Gasteiger partial charge on any atom is -1.00 e. The van der Waals surface area contributed by atoms with E-state index in [1.54, 1.807) is 13.8 Å². The van der Waals surface area contributed by atoms with Crippen molar-refractivity contribution in [2.24, 2.45) is 5.92 Å². The van der Waals surface area contributed by atoms with Crippen LogP contribution in [0.1, 0.15) is 16.7 Å². The van der Waals surface area contributed by atoms with Gasteiger partial charge in [0, 0.05) is 0 Å². The van der Waals surface area contributed by atoms with Crippen LogP contribution in [0, 0.1) is 5.92 Å². The third kappa shape index (κ3) is 6.73. The van der Waals surface area contributed by atoms with Gasteiger partial charge in [0.2, 0.25) is 0 Å². The number of carboxylic acids is 1. The fourth-order valence-electron chi connectivity index (χ4n) is 0. The van der Waals surface area contributed by atoms with Crippen molar-refractivity contribution in [3.63, 3.8) is 0 Å². The Morgan fingerprint density at radius 1 is 1.71 bits per heavy atom. The van der Waals surface area contributed by atoms with E-state index >= 15 is 0 Å². The summed E-state index contributed by atoms with van der Waals surface area (Å²) in [6.45, 7) is 3.28. The molecule has 40 valence electrons. The Hall–Kier alpha value is 0.730. The van der Waals surface area contributed by atoms with Gasteiger partial charge in [-0.25, -0.2) is 0 Å². The summed E-state index contributed by atoms with van der Waals surface area (Å²) >= 11 is 0. The van der Waals surface area contributed by atoms with E-state index in [2.05, 4.69) is 0 Å². The first-order chi connectivity index (χ1) is 2.64. The summed E-state index contributed by atoms with van der Waals surface area (Å²) in [7, 11) is 0. The summed E-state index contributed by atoms with van der Waals surface area (Å²) in [5.74, 6) is -0.972. The molecule has 0 aromatic rings. The summed E-state index contributed by atoms with van der Waals surface area (Å²) in [4.78, 5) is 9.70. The molecule has 3 heteroatoms. The Kier molecular flexibility index (Phi) is 7.43. The molecule has 0 rings (SSSR count). The molecular formula is C4H10CaO2. The third-order valence-corrected chi connectivity index (χ3v) is 0.494. The molecule has 1 N–H and O–H groups in total. The van der Waals surface area contributed by atoms with Crippen molar-refractivity contribution in [1.82, 2.24) is 0 Å². The largest absolute Gasteiger partial charge is 2.00 e. The molecule has 0 radical (unpaired) electrons. The molecular weight excluding hydrogens is 120 g/mol. The van der Waals surface area contributed by atoms with E-state index in [-0.39, 0.29) is 46.5 Å². The molecule has 0 aliphatic carbocycles. The van der Waals surface area contributed by atoms with Gasteiger partial charge in [0.1, 0.15) is 0 Å². The van der Waals surface area contributed by atoms with E-state index in [9.17, 15) is 4.79 Å². The molecule has 0 amide bonds. The van der Waals surface area contributed by atoms with Gasteiger partial charge >= 0.3 is 43.7 Å². The Morgan fingerprint density at radius 3 is 1.86 bits per heavy atom. The van der Waals surface area contributed by atoms with Crippen molar-refractivity contribution in [2.75, 3.05) is 0 Å². The SMILES string of the molecule is CC(C)C(=O)O.[Ca+2].[H-].[H-]. The standard InChI is InChI=1S/C4H8O2.Ca.2H/c1-3(2)4(5)6;;;/h3H,1-2H3,(H,5,6);;;/q;+2;2*-1. The van der Waals surface area contributed by atoms with Crippen LogP contribution in [0.5, 0.6) is 0 Å². The van der Waals surface area contributed by atoms with Gasteiger partial charge in [0.15, 0.2) is 0 Å². The molecule has 0 aromatic carbocycles. The van der Waals surface area contributed by atoms with Crippen LogP contribution in [0.2, 0.25) is 0 Å². The maximum Gasteiger partial charge on any atom is 2.00 e. The van der Waals surface area contributed by atoms with E-state index in [0.717, 1.165) is 0 Å². The van der Waals surface area contributed by atoms with Crippen LogP contribution in [0.15, 0.2) is 0 Å². The van der Waals surface area contributed by atoms with Crippen molar-refractivity contribution < 1.29 is 12.8 Å². The second-order valence-electron chi connectivity index (χ2n) is 1.49. The number of carbonyl (C=O) groups is 1. The van der Waals surface area contributed by atoms with E-state index in [0.29, 0.717) is 0 Å². The first kappa shape index (κ1) is 10.7. The average Bonchev–Trinajstić information content (AvgIpc) is 1.36. The molecule has 0 aromatic heterocycles. The van der Waals surface area contributed by atoms with Crippen LogP contribution in [0.3, 0.4) is 0 Å². The number of hydrogen-bond acceptors (Lipinski definition) is 1. The van der Waals surface area contributed by atoms with E-state index in [1.807, 2.05) is 0 Å². The van der Waals surface area contributed by atoms with E-state index in [4.69, 9.17) is 5.11 Å². The van der Waals surface area contributed by atoms with Gasteiger partial charge in [0.25, 0.3) is 0 Å². The van der Waals surface area contributed by atoms with Gasteiger partial charge in [0.05, 0.1) is 5.92 Å². The third-order valence-electron chi connectivity index (χ3n) is 0.494. The maximum atomic E-state index is 9.70. The minimum absolute atomic E-state index is 0. The van der Waals surface area contributed by atoms with Gasteiger partial charge in [-0.15, -0.1) is 0 Å². The van der Waals surface area contributed by atoms with Crippen LogP contribution in [-0.4, -0.2) is 48.8 Å². The minimum atomic E-state index is -0.741. The van der Waals surface area contributed by atoms with Gasteiger partial charge in [-0.05, 0) is 0 Å². The fraction of sp³-hybridized carbons (Fsp3) is 0.750. The molecule has 0 saturated carbocycles. The van der Waals surface area contributed by atoms with Gasteiger partial charge in [-0.3, -0.25) is 4.79 Å². The molecule has 0 bridgehead atoms. The zero-order chi connectivity index (χ0) is 5.15. The Bertz CT molecular complexity index is 67.6. The number of aliphatic carboxylic acids is 1. The zero-order valence-electron chi connectivity index (χ0n) is 6.64. The predicted molar refractivity (Wildman–Crippen MR) is 30.5 cm³/mol. The molecule has 0 unspecified atom stereocenters. The van der Waals surface area contributed by atoms with Crippen LogP contribution >= 0.6 is 0 Å². The average molecular weight is 130 g/mol. The second-order valence-corrected chi connectivity index (χ2v) is 1.49. The van der Waals surface area contributed by atoms with Crippen molar-refractivity contribution in [3.8, 4) is 0 Å². The zero-order valence-corrected chi connectivity index (χ0v) is 6.85. The van der Waals surface area contributed by atoms with E-state index < -0.39 is 5.97 Å². The van der Waals surface area contributed by atoms with Crippen LogP contribution in [-0.2, 0) is 4.79 Å². The second kappa shape index (κ2) is 4.88. The fourth-order valence-corrected chi connectivity index (χ4v) is 0.